The lowest BCUT2D eigenvalue weighted by Crippen LogP contribution is -2.44. The highest BCUT2D eigenvalue weighted by molar-refractivity contribution is 5.93. The number of rotatable bonds is 4. The van der Waals surface area contributed by atoms with Gasteiger partial charge in [0.05, 0.1) is 0 Å². The molecular weight excluding hydrogens is 256 g/mol. The average Bonchev–Trinajstić information content (AvgIpc) is 3.14. The number of amides is 2. The van der Waals surface area contributed by atoms with Gasteiger partial charge in [0.15, 0.2) is 0 Å². The van der Waals surface area contributed by atoms with Crippen molar-refractivity contribution >= 4 is 17.7 Å². The monoisotopic (exact) mass is 276 g/mol. The lowest BCUT2D eigenvalue weighted by Gasteiger charge is -2.17. The van der Waals surface area contributed by atoms with Crippen molar-refractivity contribution in [2.75, 3.05) is 5.32 Å². The van der Waals surface area contributed by atoms with E-state index in [0.29, 0.717) is 0 Å². The van der Waals surface area contributed by atoms with Crippen LogP contribution in [0.1, 0.15) is 29.5 Å². The Bertz CT molecular complexity index is 527. The van der Waals surface area contributed by atoms with Crippen LogP contribution in [-0.2, 0) is 4.79 Å². The second-order valence-electron chi connectivity index (χ2n) is 5.53. The van der Waals surface area contributed by atoms with Gasteiger partial charge in [-0.25, -0.2) is 9.59 Å². The summed E-state index contributed by atoms with van der Waals surface area (Å²) in [6.45, 7) is 5.84. The zero-order chi connectivity index (χ0) is 14.9. The summed E-state index contributed by atoms with van der Waals surface area (Å²) < 4.78 is 0. The Morgan fingerprint density at radius 2 is 1.75 bits per heavy atom. The molecule has 108 valence electrons. The fraction of sp³-hybridized carbons (Fsp3) is 0.467. The fourth-order valence-electron chi connectivity index (χ4n) is 2.48. The first kappa shape index (κ1) is 14.4. The highest BCUT2D eigenvalue weighted by Crippen LogP contribution is 2.32. The van der Waals surface area contributed by atoms with Gasteiger partial charge in [-0.15, -0.1) is 0 Å². The lowest BCUT2D eigenvalue weighted by molar-refractivity contribution is -0.139. The largest absolute Gasteiger partial charge is 0.480 e. The van der Waals surface area contributed by atoms with E-state index in [0.717, 1.165) is 35.2 Å². The fourth-order valence-corrected chi connectivity index (χ4v) is 2.48. The maximum atomic E-state index is 12.0. The van der Waals surface area contributed by atoms with Gasteiger partial charge in [-0.3, -0.25) is 0 Å². The lowest BCUT2D eigenvalue weighted by atomic mass is 10.1. The molecule has 5 nitrogen and oxygen atoms in total. The third-order valence-electron chi connectivity index (χ3n) is 3.56. The first-order chi connectivity index (χ1) is 9.38. The van der Waals surface area contributed by atoms with Gasteiger partial charge in [-0.2, -0.15) is 0 Å². The number of urea groups is 1. The van der Waals surface area contributed by atoms with E-state index in [1.807, 2.05) is 32.9 Å². The van der Waals surface area contributed by atoms with Gasteiger partial charge >= 0.3 is 12.0 Å². The Morgan fingerprint density at radius 3 is 2.20 bits per heavy atom. The Morgan fingerprint density at radius 1 is 1.20 bits per heavy atom. The maximum Gasteiger partial charge on any atom is 0.326 e. The Hall–Kier alpha value is -2.04. The number of carbonyl (C=O) groups is 2. The molecule has 0 saturated heterocycles. The summed E-state index contributed by atoms with van der Waals surface area (Å²) >= 11 is 0. The molecule has 5 heteroatoms. The molecule has 0 aliphatic heterocycles. The molecule has 0 radical (unpaired) electrons. The number of carboxylic acid groups (broad SMARTS) is 1. The minimum atomic E-state index is -0.972. The van der Waals surface area contributed by atoms with Crippen LogP contribution in [0.5, 0.6) is 0 Å². The number of benzene rings is 1. The van der Waals surface area contributed by atoms with Crippen LogP contribution in [0.2, 0.25) is 0 Å². The predicted molar refractivity (Wildman–Crippen MR) is 77.0 cm³/mol. The zero-order valence-corrected chi connectivity index (χ0v) is 12.0. The van der Waals surface area contributed by atoms with E-state index in [4.69, 9.17) is 5.11 Å². The third kappa shape index (κ3) is 3.29. The molecule has 1 atom stereocenters. The van der Waals surface area contributed by atoms with Crippen molar-refractivity contribution in [3.8, 4) is 0 Å². The molecule has 2 rings (SSSR count). The van der Waals surface area contributed by atoms with Gasteiger partial charge in [0.1, 0.15) is 6.04 Å². The second kappa shape index (κ2) is 5.53. The van der Waals surface area contributed by atoms with E-state index in [9.17, 15) is 9.59 Å². The standard InChI is InChI=1S/C15H20N2O3/c1-8-6-9(2)12(10(3)7-8)16-15(20)17-13(14(18)19)11-4-5-11/h6-7,11,13H,4-5H2,1-3H3,(H,18,19)(H2,16,17,20). The quantitative estimate of drug-likeness (QED) is 0.791. The number of carboxylic acids is 1. The number of carbonyl (C=O) groups excluding carboxylic acids is 1. The van der Waals surface area contributed by atoms with Gasteiger partial charge < -0.3 is 15.7 Å². The van der Waals surface area contributed by atoms with Crippen molar-refractivity contribution < 1.29 is 14.7 Å². The highest BCUT2D eigenvalue weighted by Gasteiger charge is 2.37. The molecule has 2 amide bonds. The molecule has 1 aromatic carbocycles. The minimum absolute atomic E-state index is 0.0680. The Kier molecular flexibility index (Phi) is 3.97. The Balaban J connectivity index is 2.06. The number of aryl methyl sites for hydroxylation is 3. The van der Waals surface area contributed by atoms with E-state index in [2.05, 4.69) is 10.6 Å². The summed E-state index contributed by atoms with van der Waals surface area (Å²) in [5.74, 6) is -0.904. The zero-order valence-electron chi connectivity index (χ0n) is 12.0. The van der Waals surface area contributed by atoms with E-state index < -0.39 is 18.0 Å². The molecule has 1 aliphatic carbocycles. The van der Waals surface area contributed by atoms with Crippen LogP contribution in [-0.4, -0.2) is 23.1 Å². The molecule has 1 unspecified atom stereocenters. The van der Waals surface area contributed by atoms with Crippen molar-refractivity contribution in [3.05, 3.63) is 28.8 Å². The van der Waals surface area contributed by atoms with Gasteiger partial charge in [-0.1, -0.05) is 17.7 Å². The van der Waals surface area contributed by atoms with Crippen molar-refractivity contribution in [2.24, 2.45) is 5.92 Å². The van der Waals surface area contributed by atoms with Crippen molar-refractivity contribution in [3.63, 3.8) is 0 Å². The van der Waals surface area contributed by atoms with E-state index in [1.54, 1.807) is 0 Å². The maximum absolute atomic E-state index is 12.0. The number of hydrogen-bond acceptors (Lipinski definition) is 2. The molecule has 1 aliphatic rings. The highest BCUT2D eigenvalue weighted by atomic mass is 16.4. The van der Waals surface area contributed by atoms with Gasteiger partial charge in [0, 0.05) is 5.69 Å². The van der Waals surface area contributed by atoms with Crippen molar-refractivity contribution in [1.29, 1.82) is 0 Å². The summed E-state index contributed by atoms with van der Waals surface area (Å²) in [6.07, 6.45) is 1.72. The summed E-state index contributed by atoms with van der Waals surface area (Å²) in [7, 11) is 0. The van der Waals surface area contributed by atoms with Crippen LogP contribution < -0.4 is 10.6 Å². The van der Waals surface area contributed by atoms with Crippen molar-refractivity contribution in [2.45, 2.75) is 39.7 Å². The topological polar surface area (TPSA) is 78.4 Å². The van der Waals surface area contributed by atoms with Crippen LogP contribution >= 0.6 is 0 Å². The molecule has 0 heterocycles. The van der Waals surface area contributed by atoms with Gasteiger partial charge in [0.2, 0.25) is 0 Å². The molecule has 1 fully saturated rings. The smallest absolute Gasteiger partial charge is 0.326 e. The molecule has 20 heavy (non-hydrogen) atoms. The predicted octanol–water partition coefficient (Wildman–Crippen LogP) is 2.60. The van der Waals surface area contributed by atoms with Crippen LogP contribution in [0.4, 0.5) is 10.5 Å². The minimum Gasteiger partial charge on any atom is -0.480 e. The summed E-state index contributed by atoms with van der Waals surface area (Å²) in [5.41, 5.74) is 3.81. The van der Waals surface area contributed by atoms with Crippen LogP contribution in [0, 0.1) is 26.7 Å². The number of anilines is 1. The van der Waals surface area contributed by atoms with Crippen LogP contribution in [0.25, 0.3) is 0 Å². The molecule has 0 aromatic heterocycles. The van der Waals surface area contributed by atoms with Crippen LogP contribution in [0.15, 0.2) is 12.1 Å². The summed E-state index contributed by atoms with van der Waals surface area (Å²) in [4.78, 5) is 23.1. The molecule has 3 N–H and O–H groups in total. The van der Waals surface area contributed by atoms with Gasteiger partial charge in [0.25, 0.3) is 0 Å². The van der Waals surface area contributed by atoms with Crippen LogP contribution in [0.3, 0.4) is 0 Å². The summed E-state index contributed by atoms with van der Waals surface area (Å²) in [6, 6.07) is 2.72. The van der Waals surface area contributed by atoms with E-state index >= 15 is 0 Å². The van der Waals surface area contributed by atoms with E-state index in [1.165, 1.54) is 0 Å². The Labute approximate surface area is 118 Å². The second-order valence-corrected chi connectivity index (χ2v) is 5.53. The summed E-state index contributed by atoms with van der Waals surface area (Å²) in [5, 5.41) is 14.4. The van der Waals surface area contributed by atoms with Crippen molar-refractivity contribution in [1.82, 2.24) is 5.32 Å². The first-order valence-corrected chi connectivity index (χ1v) is 6.76. The molecule has 1 aromatic rings. The SMILES string of the molecule is Cc1cc(C)c(NC(=O)NC(C(=O)O)C2CC2)c(C)c1. The number of aliphatic carboxylic acids is 1. The molecule has 0 spiro atoms. The van der Waals surface area contributed by atoms with E-state index in [-0.39, 0.29) is 5.92 Å². The first-order valence-electron chi connectivity index (χ1n) is 6.76. The molecule has 0 bridgehead atoms. The number of nitrogens with one attached hydrogen (secondary N) is 2. The molecule has 1 saturated carbocycles. The average molecular weight is 276 g/mol. The normalized spacial score (nSPS) is 15.6. The third-order valence-corrected chi connectivity index (χ3v) is 3.56. The van der Waals surface area contributed by atoms with Gasteiger partial charge in [-0.05, 0) is 50.7 Å². The number of hydrogen-bond donors (Lipinski definition) is 3. The molecular formula is C15H20N2O3.